The van der Waals surface area contributed by atoms with Crippen molar-refractivity contribution >= 4 is 13.3 Å². The van der Waals surface area contributed by atoms with E-state index in [0.717, 1.165) is 0 Å². The van der Waals surface area contributed by atoms with E-state index in [0.29, 0.717) is 33.8 Å². The molecule has 152 valence electrons. The molecule has 0 radical (unpaired) electrons. The summed E-state index contributed by atoms with van der Waals surface area (Å²) in [6.45, 7) is 8.15. The van der Waals surface area contributed by atoms with Gasteiger partial charge in [0.1, 0.15) is 11.5 Å². The van der Waals surface area contributed by atoms with E-state index in [1.54, 1.807) is 49.1 Å². The minimum absolute atomic E-state index is 0.265. The second kappa shape index (κ2) is 7.75. The molecule has 3 aromatic rings. The average molecular weight is 411 g/mol. The largest absolute Gasteiger partial charge is 0.497 e. The van der Waals surface area contributed by atoms with Crippen molar-refractivity contribution in [2.24, 2.45) is 0 Å². The van der Waals surface area contributed by atoms with Gasteiger partial charge in [-0.2, -0.15) is 0 Å². The zero-order chi connectivity index (χ0) is 21.3. The highest BCUT2D eigenvalue weighted by Crippen LogP contribution is 2.18. The highest BCUT2D eigenvalue weighted by Gasteiger charge is 2.28. The summed E-state index contributed by atoms with van der Waals surface area (Å²) >= 11 is 0. The highest BCUT2D eigenvalue weighted by atomic mass is 28.3. The molecule has 0 saturated carbocycles. The van der Waals surface area contributed by atoms with Crippen LogP contribution in [0.25, 0.3) is 11.4 Å². The molecular formula is C22H26N2O4Si. The fourth-order valence-electron chi connectivity index (χ4n) is 3.60. The van der Waals surface area contributed by atoms with E-state index in [1.165, 1.54) is 4.57 Å². The molecule has 0 N–H and O–H groups in total. The van der Waals surface area contributed by atoms with E-state index in [-0.39, 0.29) is 5.56 Å². The first kappa shape index (κ1) is 20.7. The van der Waals surface area contributed by atoms with Crippen LogP contribution < -0.4 is 25.9 Å². The first-order valence-corrected chi connectivity index (χ1v) is 12.9. The number of benzene rings is 2. The lowest BCUT2D eigenvalue weighted by Crippen LogP contribution is -2.57. The third kappa shape index (κ3) is 3.78. The van der Waals surface area contributed by atoms with Gasteiger partial charge in [0.2, 0.25) is 0 Å². The van der Waals surface area contributed by atoms with Crippen molar-refractivity contribution in [1.29, 1.82) is 0 Å². The van der Waals surface area contributed by atoms with E-state index in [2.05, 4.69) is 19.6 Å². The van der Waals surface area contributed by atoms with Gasteiger partial charge in [0.05, 0.1) is 33.7 Å². The van der Waals surface area contributed by atoms with Gasteiger partial charge in [-0.25, -0.2) is 9.36 Å². The van der Waals surface area contributed by atoms with Gasteiger partial charge in [0.25, 0.3) is 5.56 Å². The molecule has 1 heterocycles. The summed E-state index contributed by atoms with van der Waals surface area (Å²) in [6.07, 6.45) is 0. The molecular weight excluding hydrogens is 384 g/mol. The summed E-state index contributed by atoms with van der Waals surface area (Å²) in [5, 5.41) is 0.711. The Bertz CT molecular complexity index is 1170. The maximum atomic E-state index is 13.5. The number of hydrogen-bond acceptors (Lipinski definition) is 4. The molecule has 6 nitrogen and oxygen atoms in total. The molecule has 0 amide bonds. The van der Waals surface area contributed by atoms with Crippen molar-refractivity contribution in [2.45, 2.75) is 26.6 Å². The van der Waals surface area contributed by atoms with Crippen molar-refractivity contribution in [3.8, 4) is 22.9 Å². The van der Waals surface area contributed by atoms with Crippen LogP contribution in [0.4, 0.5) is 0 Å². The number of hydrogen-bond donors (Lipinski definition) is 0. The lowest BCUT2D eigenvalue weighted by atomic mass is 10.2. The molecule has 3 rings (SSSR count). The summed E-state index contributed by atoms with van der Waals surface area (Å²) in [5.74, 6) is 1.22. The molecule has 0 unspecified atom stereocenters. The van der Waals surface area contributed by atoms with E-state index in [4.69, 9.17) is 9.47 Å². The van der Waals surface area contributed by atoms with Crippen LogP contribution in [0.3, 0.4) is 0 Å². The van der Waals surface area contributed by atoms with E-state index in [9.17, 15) is 9.59 Å². The Hall–Kier alpha value is -3.06. The van der Waals surface area contributed by atoms with Crippen LogP contribution in [0.15, 0.2) is 58.1 Å². The Morgan fingerprint density at radius 3 is 1.72 bits per heavy atom. The maximum absolute atomic E-state index is 13.5. The quantitative estimate of drug-likeness (QED) is 0.607. The van der Waals surface area contributed by atoms with Gasteiger partial charge >= 0.3 is 5.69 Å². The first-order valence-electron chi connectivity index (χ1n) is 9.37. The molecule has 0 bridgehead atoms. The molecule has 29 heavy (non-hydrogen) atoms. The Morgan fingerprint density at radius 2 is 1.28 bits per heavy atom. The van der Waals surface area contributed by atoms with Gasteiger partial charge in [-0.3, -0.25) is 9.36 Å². The summed E-state index contributed by atoms with van der Waals surface area (Å²) in [6, 6.07) is 14.3. The molecule has 1 aromatic heterocycles. The number of aromatic nitrogens is 2. The van der Waals surface area contributed by atoms with Crippen molar-refractivity contribution in [3.63, 3.8) is 0 Å². The standard InChI is InChI=1S/C22H26N2O4Si/c1-15-20(29(4,5)6)21(25)24(17-10-8-12-19(14-17)28-3)22(26)23(15)16-9-7-11-18(13-16)27-2/h7-14H,1-6H3. The third-order valence-corrected chi connectivity index (χ3v) is 6.95. The number of methoxy groups -OCH3 is 2. The normalized spacial score (nSPS) is 11.4. The predicted octanol–water partition coefficient (Wildman–Crippen LogP) is 2.86. The molecule has 0 atom stereocenters. The van der Waals surface area contributed by atoms with Gasteiger partial charge in [0.15, 0.2) is 0 Å². The topological polar surface area (TPSA) is 62.5 Å². The van der Waals surface area contributed by atoms with E-state index >= 15 is 0 Å². The zero-order valence-electron chi connectivity index (χ0n) is 17.6. The zero-order valence-corrected chi connectivity index (χ0v) is 18.6. The monoisotopic (exact) mass is 410 g/mol. The number of nitrogens with zero attached hydrogens (tertiary/aromatic N) is 2. The van der Waals surface area contributed by atoms with Crippen molar-refractivity contribution in [1.82, 2.24) is 9.13 Å². The second-order valence-electron chi connectivity index (χ2n) is 7.87. The maximum Gasteiger partial charge on any atom is 0.340 e. The average Bonchev–Trinajstić information content (AvgIpc) is 2.67. The first-order chi connectivity index (χ1) is 13.7. The molecule has 0 aliphatic carbocycles. The van der Waals surface area contributed by atoms with Gasteiger partial charge in [0, 0.05) is 23.0 Å². The highest BCUT2D eigenvalue weighted by molar-refractivity contribution is 6.88. The van der Waals surface area contributed by atoms with Gasteiger partial charge < -0.3 is 9.47 Å². The van der Waals surface area contributed by atoms with E-state index < -0.39 is 13.8 Å². The van der Waals surface area contributed by atoms with Crippen LogP contribution >= 0.6 is 0 Å². The fourth-order valence-corrected chi connectivity index (χ4v) is 5.55. The molecule has 0 aliphatic heterocycles. The SMILES string of the molecule is COc1cccc(-n2c(C)c([Si](C)(C)C)c(=O)n(-c3cccc(OC)c3)c2=O)c1. The molecule has 2 aromatic carbocycles. The minimum Gasteiger partial charge on any atom is -0.497 e. The van der Waals surface area contributed by atoms with Crippen molar-refractivity contribution < 1.29 is 9.47 Å². The Kier molecular flexibility index (Phi) is 5.52. The smallest absolute Gasteiger partial charge is 0.340 e. The summed E-state index contributed by atoms with van der Waals surface area (Å²) < 4.78 is 13.5. The predicted molar refractivity (Wildman–Crippen MR) is 118 cm³/mol. The van der Waals surface area contributed by atoms with Crippen LogP contribution in [-0.4, -0.2) is 31.4 Å². The molecule has 0 fully saturated rings. The fraction of sp³-hybridized carbons (Fsp3) is 0.273. The lowest BCUT2D eigenvalue weighted by Gasteiger charge is -2.24. The van der Waals surface area contributed by atoms with Crippen molar-refractivity contribution in [2.75, 3.05) is 14.2 Å². The van der Waals surface area contributed by atoms with Crippen LogP contribution in [0.2, 0.25) is 19.6 Å². The number of rotatable bonds is 5. The Labute approximate surface area is 171 Å². The minimum atomic E-state index is -2.07. The third-order valence-electron chi connectivity index (χ3n) is 4.87. The summed E-state index contributed by atoms with van der Waals surface area (Å²) in [7, 11) is 1.06. The molecule has 0 aliphatic rings. The summed E-state index contributed by atoms with van der Waals surface area (Å²) in [5.41, 5.74) is 1.13. The van der Waals surface area contributed by atoms with Gasteiger partial charge in [-0.05, 0) is 31.2 Å². The van der Waals surface area contributed by atoms with Gasteiger partial charge in [-0.1, -0.05) is 31.8 Å². The van der Waals surface area contributed by atoms with Crippen LogP contribution in [-0.2, 0) is 0 Å². The molecule has 7 heteroatoms. The van der Waals surface area contributed by atoms with E-state index in [1.807, 2.05) is 25.1 Å². The van der Waals surface area contributed by atoms with Gasteiger partial charge in [-0.15, -0.1) is 0 Å². The Morgan fingerprint density at radius 1 is 0.793 bits per heavy atom. The lowest BCUT2D eigenvalue weighted by molar-refractivity contribution is 0.414. The Balaban J connectivity index is 2.46. The van der Waals surface area contributed by atoms with Crippen LogP contribution in [0.1, 0.15) is 5.69 Å². The second-order valence-corrected chi connectivity index (χ2v) is 12.9. The van der Waals surface area contributed by atoms with Crippen LogP contribution in [0.5, 0.6) is 11.5 Å². The molecule has 0 saturated heterocycles. The molecule has 0 spiro atoms. The van der Waals surface area contributed by atoms with Crippen molar-refractivity contribution in [3.05, 3.63) is 75.1 Å². The number of ether oxygens (including phenoxy) is 2. The van der Waals surface area contributed by atoms with Crippen LogP contribution in [0, 0.1) is 6.92 Å². The summed E-state index contributed by atoms with van der Waals surface area (Å²) in [4.78, 5) is 27.0.